The van der Waals surface area contributed by atoms with Gasteiger partial charge in [-0.25, -0.2) is 8.42 Å². The van der Waals surface area contributed by atoms with E-state index in [-0.39, 0.29) is 30.1 Å². The molecule has 0 bridgehead atoms. The van der Waals surface area contributed by atoms with Crippen LogP contribution in [0.15, 0.2) is 24.3 Å². The number of nitrogens with one attached hydrogen (secondary N) is 1. The number of amides is 1. The summed E-state index contributed by atoms with van der Waals surface area (Å²) in [7, 11) is -2.98. The molecule has 1 unspecified atom stereocenters. The number of benzene rings is 1. The van der Waals surface area contributed by atoms with Crippen molar-refractivity contribution in [1.82, 2.24) is 5.32 Å². The lowest BCUT2D eigenvalue weighted by Gasteiger charge is -2.11. The maximum atomic E-state index is 11.7. The minimum absolute atomic E-state index is 0.0178. The number of ether oxygens (including phenoxy) is 1. The fourth-order valence-corrected chi connectivity index (χ4v) is 3.72. The Morgan fingerprint density at radius 1 is 1.35 bits per heavy atom. The Morgan fingerprint density at radius 2 is 2.05 bits per heavy atom. The molecular formula is C13H18N2O4S. The van der Waals surface area contributed by atoms with Gasteiger partial charge in [-0.3, -0.25) is 4.79 Å². The van der Waals surface area contributed by atoms with Crippen molar-refractivity contribution in [3.05, 3.63) is 29.8 Å². The number of nitrogens with two attached hydrogens (primary N) is 1. The van der Waals surface area contributed by atoms with Crippen LogP contribution in [0, 0.1) is 0 Å². The molecule has 0 aromatic heterocycles. The Bertz CT molecular complexity index is 569. The Kier molecular flexibility index (Phi) is 4.61. The zero-order valence-electron chi connectivity index (χ0n) is 11.0. The standard InChI is InChI=1S/C13H18N2O4S/c14-7-10-1-3-12(4-2-10)19-8-13(16)15-11-5-6-20(17,18)9-11/h1-4,11H,5-9,14H2,(H,15,16). The maximum Gasteiger partial charge on any atom is 0.258 e. The average Bonchev–Trinajstić information content (AvgIpc) is 2.76. The van der Waals surface area contributed by atoms with E-state index in [4.69, 9.17) is 10.5 Å². The molecule has 1 aromatic carbocycles. The summed E-state index contributed by atoms with van der Waals surface area (Å²) in [5.74, 6) is 0.426. The van der Waals surface area contributed by atoms with Crippen LogP contribution in [0.4, 0.5) is 0 Å². The summed E-state index contributed by atoms with van der Waals surface area (Å²) >= 11 is 0. The first-order valence-corrected chi connectivity index (χ1v) is 8.22. The fourth-order valence-electron chi connectivity index (χ4n) is 2.05. The van der Waals surface area contributed by atoms with E-state index < -0.39 is 9.84 Å². The summed E-state index contributed by atoms with van der Waals surface area (Å²) in [6, 6.07) is 6.86. The van der Waals surface area contributed by atoms with Crippen LogP contribution in [0.2, 0.25) is 0 Å². The predicted octanol–water partition coefficient (Wildman–Crippen LogP) is -0.173. The van der Waals surface area contributed by atoms with E-state index in [1.54, 1.807) is 12.1 Å². The molecule has 20 heavy (non-hydrogen) atoms. The average molecular weight is 298 g/mol. The molecule has 0 radical (unpaired) electrons. The third-order valence-corrected chi connectivity index (χ3v) is 4.89. The third kappa shape index (κ3) is 4.21. The molecule has 0 aliphatic carbocycles. The molecule has 1 aromatic rings. The van der Waals surface area contributed by atoms with Crippen molar-refractivity contribution in [3.8, 4) is 5.75 Å². The smallest absolute Gasteiger partial charge is 0.258 e. The van der Waals surface area contributed by atoms with Gasteiger partial charge in [0, 0.05) is 12.6 Å². The second kappa shape index (κ2) is 6.23. The molecule has 2 rings (SSSR count). The highest BCUT2D eigenvalue weighted by molar-refractivity contribution is 7.91. The van der Waals surface area contributed by atoms with Gasteiger partial charge in [-0.15, -0.1) is 0 Å². The first-order valence-electron chi connectivity index (χ1n) is 6.40. The van der Waals surface area contributed by atoms with Crippen LogP contribution in [0.5, 0.6) is 5.75 Å². The van der Waals surface area contributed by atoms with Crippen molar-refractivity contribution in [2.24, 2.45) is 5.73 Å². The number of hydrogen-bond acceptors (Lipinski definition) is 5. The van der Waals surface area contributed by atoms with Crippen LogP contribution in [0.1, 0.15) is 12.0 Å². The van der Waals surface area contributed by atoms with Crippen molar-refractivity contribution < 1.29 is 17.9 Å². The molecule has 1 saturated heterocycles. The molecule has 3 N–H and O–H groups in total. The number of rotatable bonds is 5. The SMILES string of the molecule is NCc1ccc(OCC(=O)NC2CCS(=O)(=O)C2)cc1. The lowest BCUT2D eigenvalue weighted by atomic mass is 10.2. The van der Waals surface area contributed by atoms with Gasteiger partial charge in [0.05, 0.1) is 11.5 Å². The second-order valence-electron chi connectivity index (χ2n) is 4.80. The predicted molar refractivity (Wildman–Crippen MR) is 75.0 cm³/mol. The number of hydrogen-bond donors (Lipinski definition) is 2. The Balaban J connectivity index is 1.77. The highest BCUT2D eigenvalue weighted by Gasteiger charge is 2.28. The van der Waals surface area contributed by atoms with E-state index in [2.05, 4.69) is 5.32 Å². The zero-order valence-corrected chi connectivity index (χ0v) is 11.9. The first-order chi connectivity index (χ1) is 9.48. The van der Waals surface area contributed by atoms with E-state index in [0.29, 0.717) is 18.7 Å². The molecule has 7 heteroatoms. The molecule has 1 atom stereocenters. The summed E-state index contributed by atoms with van der Waals surface area (Å²) in [5, 5.41) is 2.66. The molecule has 1 fully saturated rings. The topological polar surface area (TPSA) is 98.5 Å². The van der Waals surface area contributed by atoms with Gasteiger partial charge < -0.3 is 15.8 Å². The molecule has 1 aliphatic rings. The van der Waals surface area contributed by atoms with Crippen molar-refractivity contribution in [2.75, 3.05) is 18.1 Å². The quantitative estimate of drug-likeness (QED) is 0.786. The van der Waals surface area contributed by atoms with Gasteiger partial charge >= 0.3 is 0 Å². The summed E-state index contributed by atoms with van der Waals surface area (Å²) < 4.78 is 27.9. The van der Waals surface area contributed by atoms with Gasteiger partial charge in [0.2, 0.25) is 0 Å². The summed E-state index contributed by atoms with van der Waals surface area (Å²) in [5.41, 5.74) is 6.47. The van der Waals surface area contributed by atoms with Gasteiger partial charge in [0.1, 0.15) is 5.75 Å². The van der Waals surface area contributed by atoms with Crippen molar-refractivity contribution in [3.63, 3.8) is 0 Å². The Hall–Kier alpha value is -1.60. The maximum absolute atomic E-state index is 11.7. The summed E-state index contributed by atoms with van der Waals surface area (Å²) in [6.07, 6.45) is 0.471. The van der Waals surface area contributed by atoms with Crippen LogP contribution < -0.4 is 15.8 Å². The van der Waals surface area contributed by atoms with Crippen LogP contribution in [0.25, 0.3) is 0 Å². The molecule has 1 aliphatic heterocycles. The first kappa shape index (κ1) is 14.8. The lowest BCUT2D eigenvalue weighted by Crippen LogP contribution is -2.38. The summed E-state index contributed by atoms with van der Waals surface area (Å²) in [4.78, 5) is 11.7. The van der Waals surface area contributed by atoms with Crippen molar-refractivity contribution in [1.29, 1.82) is 0 Å². The van der Waals surface area contributed by atoms with Crippen LogP contribution in [-0.2, 0) is 21.2 Å². The molecule has 6 nitrogen and oxygen atoms in total. The lowest BCUT2D eigenvalue weighted by molar-refractivity contribution is -0.123. The second-order valence-corrected chi connectivity index (χ2v) is 7.03. The number of sulfone groups is 1. The largest absolute Gasteiger partial charge is 0.484 e. The highest BCUT2D eigenvalue weighted by Crippen LogP contribution is 2.13. The highest BCUT2D eigenvalue weighted by atomic mass is 32.2. The minimum Gasteiger partial charge on any atom is -0.484 e. The van der Waals surface area contributed by atoms with Gasteiger partial charge in [-0.1, -0.05) is 12.1 Å². The van der Waals surface area contributed by atoms with Gasteiger partial charge in [-0.2, -0.15) is 0 Å². The molecular weight excluding hydrogens is 280 g/mol. The van der Waals surface area contributed by atoms with Gasteiger partial charge in [-0.05, 0) is 24.1 Å². The van der Waals surface area contributed by atoms with Crippen LogP contribution >= 0.6 is 0 Å². The molecule has 0 spiro atoms. The normalized spacial score (nSPS) is 20.6. The molecule has 110 valence electrons. The van der Waals surface area contributed by atoms with Crippen LogP contribution in [0.3, 0.4) is 0 Å². The van der Waals surface area contributed by atoms with E-state index in [9.17, 15) is 13.2 Å². The van der Waals surface area contributed by atoms with Crippen LogP contribution in [-0.4, -0.2) is 38.5 Å². The van der Waals surface area contributed by atoms with E-state index >= 15 is 0 Å². The Labute approximate surface area is 118 Å². The molecule has 1 amide bonds. The zero-order chi connectivity index (χ0) is 14.6. The van der Waals surface area contributed by atoms with Crippen molar-refractivity contribution >= 4 is 15.7 Å². The third-order valence-electron chi connectivity index (χ3n) is 3.13. The monoisotopic (exact) mass is 298 g/mol. The van der Waals surface area contributed by atoms with E-state index in [1.807, 2.05) is 12.1 Å². The van der Waals surface area contributed by atoms with Gasteiger partial charge in [0.25, 0.3) is 5.91 Å². The van der Waals surface area contributed by atoms with E-state index in [1.165, 1.54) is 0 Å². The molecule has 1 heterocycles. The number of carbonyl (C=O) groups is 1. The fraction of sp³-hybridized carbons (Fsp3) is 0.462. The number of carbonyl (C=O) groups excluding carboxylic acids is 1. The van der Waals surface area contributed by atoms with E-state index in [0.717, 1.165) is 5.56 Å². The Morgan fingerprint density at radius 3 is 2.60 bits per heavy atom. The van der Waals surface area contributed by atoms with Gasteiger partial charge in [0.15, 0.2) is 16.4 Å². The van der Waals surface area contributed by atoms with Crippen molar-refractivity contribution in [2.45, 2.75) is 19.0 Å². The molecule has 0 saturated carbocycles. The summed E-state index contributed by atoms with van der Waals surface area (Å²) in [6.45, 7) is 0.329. The minimum atomic E-state index is -2.98.